The minimum absolute atomic E-state index is 0.0348. The molecule has 2 bridgehead atoms. The van der Waals surface area contributed by atoms with Crippen molar-refractivity contribution in [2.45, 2.75) is 31.4 Å². The van der Waals surface area contributed by atoms with Gasteiger partial charge in [0.15, 0.2) is 11.6 Å². The van der Waals surface area contributed by atoms with Crippen LogP contribution in [0.15, 0.2) is 42.5 Å². The van der Waals surface area contributed by atoms with E-state index in [-0.39, 0.29) is 45.9 Å². The molecule has 0 aliphatic carbocycles. The molecule has 0 spiro atoms. The first-order valence-electron chi connectivity index (χ1n) is 12.9. The van der Waals surface area contributed by atoms with Crippen LogP contribution in [0.4, 0.5) is 22.0 Å². The molecule has 214 valence electrons. The minimum Gasteiger partial charge on any atom is -0.434 e. The quantitative estimate of drug-likeness (QED) is 0.215. The number of carbonyl (C=O) groups excluding carboxylic acids is 1. The van der Waals surface area contributed by atoms with Crippen molar-refractivity contribution < 1.29 is 36.0 Å². The van der Waals surface area contributed by atoms with Crippen LogP contribution < -0.4 is 10.0 Å². The molecule has 41 heavy (non-hydrogen) atoms. The summed E-state index contributed by atoms with van der Waals surface area (Å²) in [6.07, 6.45) is 0.367. The summed E-state index contributed by atoms with van der Waals surface area (Å²) in [6, 6.07) is 8.91. The van der Waals surface area contributed by atoms with Crippen molar-refractivity contribution in [3.05, 3.63) is 76.9 Å². The molecule has 0 saturated carbocycles. The summed E-state index contributed by atoms with van der Waals surface area (Å²) in [7, 11) is -1.49. The molecule has 12 heteroatoms. The first-order valence-corrected chi connectivity index (χ1v) is 15.5. The maximum Gasteiger partial charge on any atom is 0.387 e. The molecule has 0 fully saturated rings. The molecule has 0 saturated heterocycles. The minimum atomic E-state index is -3.14. The average molecular weight is 590 g/mol. The lowest BCUT2D eigenvalue weighted by molar-refractivity contribution is -0.129. The summed E-state index contributed by atoms with van der Waals surface area (Å²) in [5.41, 5.74) is 0.945. The Hall–Kier alpha value is -3.72. The van der Waals surface area contributed by atoms with Gasteiger partial charge in [-0.1, -0.05) is 18.2 Å². The summed E-state index contributed by atoms with van der Waals surface area (Å²) >= 11 is 0. The van der Waals surface area contributed by atoms with E-state index < -0.39 is 37.2 Å². The molecular weight excluding hydrogens is 564 g/mol. The predicted octanol–water partition coefficient (Wildman–Crippen LogP) is 6.06. The molecule has 0 unspecified atom stereocenters. The van der Waals surface area contributed by atoms with E-state index in [9.17, 15) is 22.5 Å². The second-order valence-electron chi connectivity index (χ2n) is 10.9. The highest BCUT2D eigenvalue weighted by Crippen LogP contribution is 2.48. The number of nitrogens with zero attached hydrogens (tertiary/aromatic N) is 3. The zero-order chi connectivity index (χ0) is 29.4. The first kappa shape index (κ1) is 27.4. The standard InChI is InChI=1S/C29H25F5N3O3P/c1-36-13-15-9-21(25-14(10-24(36)38)5-4-6-22(25)40-29(33)34)37-20-11-17(18(30)12-19(20)35-28(15)37)16-7-8-23(41(2,3)39)27(32)26(16)31/h4-8,11-12,15,21,29H,9-10,13H2,1-3H3/t15-,21+/m0/s1. The van der Waals surface area contributed by atoms with Crippen LogP contribution in [-0.4, -0.2) is 53.9 Å². The van der Waals surface area contributed by atoms with E-state index >= 15 is 8.78 Å². The Balaban J connectivity index is 1.59. The largest absolute Gasteiger partial charge is 0.434 e. The molecular formula is C29H25F5N3O3P. The molecule has 1 amide bonds. The zero-order valence-corrected chi connectivity index (χ0v) is 23.2. The maximum absolute atomic E-state index is 15.4. The number of benzene rings is 3. The fourth-order valence-corrected chi connectivity index (χ4v) is 7.06. The van der Waals surface area contributed by atoms with E-state index in [1.165, 1.54) is 37.6 Å². The van der Waals surface area contributed by atoms with Gasteiger partial charge in [0.2, 0.25) is 5.91 Å². The molecule has 2 atom stereocenters. The van der Waals surface area contributed by atoms with E-state index in [4.69, 9.17) is 4.74 Å². The van der Waals surface area contributed by atoms with Gasteiger partial charge in [0.25, 0.3) is 0 Å². The summed E-state index contributed by atoms with van der Waals surface area (Å²) in [4.78, 5) is 19.1. The molecule has 6 rings (SSSR count). The Morgan fingerprint density at radius 3 is 2.51 bits per heavy atom. The van der Waals surface area contributed by atoms with Gasteiger partial charge in [0.1, 0.15) is 24.5 Å². The van der Waals surface area contributed by atoms with Crippen molar-refractivity contribution >= 4 is 29.4 Å². The van der Waals surface area contributed by atoms with E-state index in [0.29, 0.717) is 35.4 Å². The molecule has 0 radical (unpaired) electrons. The van der Waals surface area contributed by atoms with Gasteiger partial charge < -0.3 is 18.8 Å². The lowest BCUT2D eigenvalue weighted by Crippen LogP contribution is -2.32. The van der Waals surface area contributed by atoms with E-state index in [2.05, 4.69) is 4.98 Å². The number of imidazole rings is 1. The zero-order valence-electron chi connectivity index (χ0n) is 22.3. The SMILES string of the molecule is CN1C[C@@H]2C[C@H](c3c(cccc3OC(F)F)CC1=O)n1c2nc2cc(F)c(-c3ccc(P(C)(C)=O)c(F)c3F)cc21. The Labute approximate surface area is 232 Å². The van der Waals surface area contributed by atoms with Crippen molar-refractivity contribution in [2.24, 2.45) is 0 Å². The third kappa shape index (κ3) is 4.51. The number of hydrogen-bond donors (Lipinski definition) is 0. The molecule has 0 N–H and O–H groups in total. The maximum atomic E-state index is 15.4. The van der Waals surface area contributed by atoms with Crippen LogP contribution >= 0.6 is 7.14 Å². The number of likely N-dealkylation sites (N-methyl/N-ethyl adjacent to an activating group) is 1. The number of halogens is 5. The molecule has 4 aromatic rings. The molecule has 2 aliphatic heterocycles. The summed E-state index contributed by atoms with van der Waals surface area (Å²) in [6.45, 7) is -0.186. The van der Waals surface area contributed by atoms with Gasteiger partial charge in [-0.15, -0.1) is 0 Å². The summed E-state index contributed by atoms with van der Waals surface area (Å²) in [5, 5.41) is -0.273. The third-order valence-electron chi connectivity index (χ3n) is 7.89. The van der Waals surface area contributed by atoms with Gasteiger partial charge in [-0.3, -0.25) is 4.79 Å². The lowest BCUT2D eigenvalue weighted by Gasteiger charge is -2.23. The van der Waals surface area contributed by atoms with Gasteiger partial charge in [0.05, 0.1) is 28.8 Å². The number of hydrogen-bond acceptors (Lipinski definition) is 4. The highest BCUT2D eigenvalue weighted by atomic mass is 31.2. The fraction of sp³-hybridized carbons (Fsp3) is 0.310. The number of carbonyl (C=O) groups is 1. The van der Waals surface area contributed by atoms with Crippen LogP contribution in [0.25, 0.3) is 22.2 Å². The topological polar surface area (TPSA) is 64.4 Å². The number of fused-ring (bicyclic) bond motifs is 9. The van der Waals surface area contributed by atoms with Gasteiger partial charge in [-0.2, -0.15) is 8.78 Å². The van der Waals surface area contributed by atoms with E-state index in [0.717, 1.165) is 6.07 Å². The van der Waals surface area contributed by atoms with Crippen LogP contribution in [0.5, 0.6) is 5.75 Å². The Bertz CT molecular complexity index is 1780. The van der Waals surface area contributed by atoms with E-state index in [1.54, 1.807) is 28.6 Å². The summed E-state index contributed by atoms with van der Waals surface area (Å²) < 4.78 is 91.6. The first-order chi connectivity index (χ1) is 19.3. The van der Waals surface area contributed by atoms with Gasteiger partial charge >= 0.3 is 6.61 Å². The van der Waals surface area contributed by atoms with Crippen LogP contribution in [0.2, 0.25) is 0 Å². The van der Waals surface area contributed by atoms with Crippen LogP contribution in [0.1, 0.15) is 35.3 Å². The van der Waals surface area contributed by atoms with Crippen molar-refractivity contribution in [3.63, 3.8) is 0 Å². The predicted molar refractivity (Wildman–Crippen MR) is 144 cm³/mol. The van der Waals surface area contributed by atoms with Gasteiger partial charge in [0, 0.05) is 42.3 Å². The normalized spacial score (nSPS) is 18.8. The van der Waals surface area contributed by atoms with Crippen molar-refractivity contribution in [2.75, 3.05) is 26.9 Å². The third-order valence-corrected chi connectivity index (χ3v) is 9.40. The van der Waals surface area contributed by atoms with Crippen molar-refractivity contribution in [1.82, 2.24) is 14.5 Å². The molecule has 6 nitrogen and oxygen atoms in total. The Kier molecular flexibility index (Phi) is 6.48. The molecule has 3 heterocycles. The number of ether oxygens (including phenoxy) is 1. The van der Waals surface area contributed by atoms with E-state index in [1.807, 2.05) is 0 Å². The highest BCUT2D eigenvalue weighted by molar-refractivity contribution is 7.70. The van der Waals surface area contributed by atoms with Crippen LogP contribution in [0.3, 0.4) is 0 Å². The fourth-order valence-electron chi connectivity index (χ4n) is 6.05. The van der Waals surface area contributed by atoms with Crippen LogP contribution in [-0.2, 0) is 15.8 Å². The van der Waals surface area contributed by atoms with Crippen LogP contribution in [0, 0.1) is 17.5 Å². The summed E-state index contributed by atoms with van der Waals surface area (Å²) in [5.74, 6) is -3.55. The lowest BCUT2D eigenvalue weighted by atomic mass is 9.93. The monoisotopic (exact) mass is 589 g/mol. The number of rotatable bonds is 4. The van der Waals surface area contributed by atoms with Gasteiger partial charge in [-0.05, 0) is 43.5 Å². The number of alkyl halides is 2. The Morgan fingerprint density at radius 1 is 1.05 bits per heavy atom. The molecule has 1 aromatic heterocycles. The average Bonchev–Trinajstić information content (AvgIpc) is 3.42. The van der Waals surface area contributed by atoms with Crippen molar-refractivity contribution in [1.29, 1.82) is 0 Å². The number of aromatic nitrogens is 2. The molecule has 3 aromatic carbocycles. The van der Waals surface area contributed by atoms with Crippen molar-refractivity contribution in [3.8, 4) is 16.9 Å². The Morgan fingerprint density at radius 2 is 1.80 bits per heavy atom. The number of amides is 1. The highest BCUT2D eigenvalue weighted by Gasteiger charge is 2.40. The smallest absolute Gasteiger partial charge is 0.387 e. The molecule has 2 aliphatic rings. The van der Waals surface area contributed by atoms with Gasteiger partial charge in [-0.25, -0.2) is 18.2 Å². The second-order valence-corrected chi connectivity index (χ2v) is 14.1. The second kappa shape index (κ2) is 9.69.